The van der Waals surface area contributed by atoms with Crippen molar-refractivity contribution in [3.8, 4) is 11.4 Å². The molecule has 1 N–H and O–H groups in total. The number of hydrogen-bond acceptors (Lipinski definition) is 5. The number of rotatable bonds is 3. The minimum atomic E-state index is 0.480. The second kappa shape index (κ2) is 4.33. The van der Waals surface area contributed by atoms with Crippen molar-refractivity contribution >= 4 is 0 Å². The Labute approximate surface area is 99.2 Å². The van der Waals surface area contributed by atoms with Crippen LogP contribution in [0.5, 0.6) is 0 Å². The Morgan fingerprint density at radius 2 is 2.47 bits per heavy atom. The quantitative estimate of drug-likeness (QED) is 0.877. The van der Waals surface area contributed by atoms with Gasteiger partial charge in [-0.05, 0) is 32.4 Å². The molecule has 0 bridgehead atoms. The van der Waals surface area contributed by atoms with E-state index in [-0.39, 0.29) is 0 Å². The average Bonchev–Trinajstić information content (AvgIpc) is 3.00. The van der Waals surface area contributed by atoms with Gasteiger partial charge < -0.3 is 14.3 Å². The van der Waals surface area contributed by atoms with E-state index in [9.17, 15) is 0 Å². The van der Waals surface area contributed by atoms with E-state index >= 15 is 0 Å². The van der Waals surface area contributed by atoms with Crippen molar-refractivity contribution in [1.29, 1.82) is 0 Å². The van der Waals surface area contributed by atoms with Gasteiger partial charge in [-0.3, -0.25) is 0 Å². The number of furan rings is 1. The Kier molecular flexibility index (Phi) is 2.68. The molecular formula is C12H15N3O2. The van der Waals surface area contributed by atoms with Crippen molar-refractivity contribution < 1.29 is 8.94 Å². The summed E-state index contributed by atoms with van der Waals surface area (Å²) in [6.07, 6.45) is 4.86. The predicted molar refractivity (Wildman–Crippen MR) is 61.5 cm³/mol. The zero-order valence-electron chi connectivity index (χ0n) is 9.77. The molecule has 0 amide bonds. The van der Waals surface area contributed by atoms with Gasteiger partial charge in [-0.1, -0.05) is 5.16 Å². The highest BCUT2D eigenvalue weighted by atomic mass is 16.5. The summed E-state index contributed by atoms with van der Waals surface area (Å²) in [6.45, 7) is 2.98. The summed E-state index contributed by atoms with van der Waals surface area (Å²) < 4.78 is 10.5. The topological polar surface area (TPSA) is 64.1 Å². The lowest BCUT2D eigenvalue weighted by Gasteiger charge is -2.04. The van der Waals surface area contributed by atoms with Crippen LogP contribution in [-0.2, 0) is 6.42 Å². The van der Waals surface area contributed by atoms with Crippen molar-refractivity contribution in [3.63, 3.8) is 0 Å². The molecule has 1 fully saturated rings. The highest BCUT2D eigenvalue weighted by molar-refractivity contribution is 5.56. The summed E-state index contributed by atoms with van der Waals surface area (Å²) in [4.78, 5) is 4.40. The molecular weight excluding hydrogens is 218 g/mol. The first-order valence-electron chi connectivity index (χ1n) is 5.93. The van der Waals surface area contributed by atoms with Gasteiger partial charge in [0.1, 0.15) is 5.76 Å². The van der Waals surface area contributed by atoms with Crippen LogP contribution >= 0.6 is 0 Å². The van der Waals surface area contributed by atoms with Gasteiger partial charge in [0.25, 0.3) is 0 Å². The van der Waals surface area contributed by atoms with E-state index in [4.69, 9.17) is 8.94 Å². The van der Waals surface area contributed by atoms with Crippen molar-refractivity contribution in [1.82, 2.24) is 15.5 Å². The summed E-state index contributed by atoms with van der Waals surface area (Å²) in [5.74, 6) is 2.13. The first-order chi connectivity index (χ1) is 8.33. The SMILES string of the molecule is Cc1occc1-c1noc(CC2CCCN2)n1. The molecule has 90 valence electrons. The lowest BCUT2D eigenvalue weighted by molar-refractivity contribution is 0.364. The fourth-order valence-electron chi connectivity index (χ4n) is 2.21. The Bertz CT molecular complexity index is 497. The summed E-state index contributed by atoms with van der Waals surface area (Å²) >= 11 is 0. The fourth-order valence-corrected chi connectivity index (χ4v) is 2.21. The Hall–Kier alpha value is -1.62. The van der Waals surface area contributed by atoms with Crippen LogP contribution in [0.3, 0.4) is 0 Å². The third-order valence-corrected chi connectivity index (χ3v) is 3.15. The molecule has 2 aromatic rings. The minimum absolute atomic E-state index is 0.480. The maximum Gasteiger partial charge on any atom is 0.228 e. The molecule has 1 aliphatic heterocycles. The van der Waals surface area contributed by atoms with E-state index in [1.54, 1.807) is 6.26 Å². The van der Waals surface area contributed by atoms with Gasteiger partial charge in [-0.25, -0.2) is 0 Å². The Morgan fingerprint density at radius 3 is 3.18 bits per heavy atom. The molecule has 1 saturated heterocycles. The molecule has 1 unspecified atom stereocenters. The molecule has 0 aliphatic carbocycles. The van der Waals surface area contributed by atoms with Crippen LogP contribution in [-0.4, -0.2) is 22.7 Å². The molecule has 5 heteroatoms. The third-order valence-electron chi connectivity index (χ3n) is 3.15. The first-order valence-corrected chi connectivity index (χ1v) is 5.93. The summed E-state index contributed by atoms with van der Waals surface area (Å²) in [5.41, 5.74) is 0.902. The molecule has 0 aromatic carbocycles. The second-order valence-corrected chi connectivity index (χ2v) is 4.40. The zero-order chi connectivity index (χ0) is 11.7. The average molecular weight is 233 g/mol. The van der Waals surface area contributed by atoms with Crippen LogP contribution in [0.2, 0.25) is 0 Å². The lowest BCUT2D eigenvalue weighted by Crippen LogP contribution is -2.23. The monoisotopic (exact) mass is 233 g/mol. The van der Waals surface area contributed by atoms with Gasteiger partial charge in [0.2, 0.25) is 11.7 Å². The minimum Gasteiger partial charge on any atom is -0.469 e. The van der Waals surface area contributed by atoms with Gasteiger partial charge in [-0.15, -0.1) is 0 Å². The first kappa shape index (κ1) is 10.5. The van der Waals surface area contributed by atoms with Crippen LogP contribution in [0, 0.1) is 6.92 Å². The highest BCUT2D eigenvalue weighted by Crippen LogP contribution is 2.21. The van der Waals surface area contributed by atoms with Crippen LogP contribution in [0.15, 0.2) is 21.3 Å². The summed E-state index contributed by atoms with van der Waals surface area (Å²) in [7, 11) is 0. The highest BCUT2D eigenvalue weighted by Gasteiger charge is 2.19. The summed E-state index contributed by atoms with van der Waals surface area (Å²) in [5, 5.41) is 7.40. The van der Waals surface area contributed by atoms with E-state index in [0.29, 0.717) is 17.8 Å². The molecule has 0 saturated carbocycles. The van der Waals surface area contributed by atoms with Gasteiger partial charge in [0.05, 0.1) is 11.8 Å². The molecule has 1 aliphatic rings. The predicted octanol–water partition coefficient (Wildman–Crippen LogP) is 1.93. The Morgan fingerprint density at radius 1 is 1.53 bits per heavy atom. The molecule has 0 spiro atoms. The van der Waals surface area contributed by atoms with Crippen LogP contribution in [0.25, 0.3) is 11.4 Å². The maximum absolute atomic E-state index is 5.26. The van der Waals surface area contributed by atoms with Crippen LogP contribution in [0.1, 0.15) is 24.5 Å². The molecule has 3 rings (SSSR count). The van der Waals surface area contributed by atoms with E-state index in [0.717, 1.165) is 24.3 Å². The second-order valence-electron chi connectivity index (χ2n) is 4.40. The van der Waals surface area contributed by atoms with Crippen molar-refractivity contribution in [2.45, 2.75) is 32.2 Å². The normalized spacial score (nSPS) is 19.9. The maximum atomic E-state index is 5.26. The van der Waals surface area contributed by atoms with E-state index in [1.165, 1.54) is 12.8 Å². The van der Waals surface area contributed by atoms with Crippen LogP contribution < -0.4 is 5.32 Å². The van der Waals surface area contributed by atoms with E-state index in [1.807, 2.05) is 13.0 Å². The van der Waals surface area contributed by atoms with Crippen molar-refractivity contribution in [2.24, 2.45) is 0 Å². The number of hydrogen-bond donors (Lipinski definition) is 1. The van der Waals surface area contributed by atoms with Gasteiger partial charge in [0, 0.05) is 12.5 Å². The number of nitrogens with zero attached hydrogens (tertiary/aromatic N) is 2. The van der Waals surface area contributed by atoms with Crippen molar-refractivity contribution in [2.75, 3.05) is 6.54 Å². The fraction of sp³-hybridized carbons (Fsp3) is 0.500. The van der Waals surface area contributed by atoms with Crippen molar-refractivity contribution in [3.05, 3.63) is 24.0 Å². The van der Waals surface area contributed by atoms with Gasteiger partial charge in [0.15, 0.2) is 0 Å². The molecule has 5 nitrogen and oxygen atoms in total. The van der Waals surface area contributed by atoms with E-state index < -0.39 is 0 Å². The molecule has 17 heavy (non-hydrogen) atoms. The molecule has 1 atom stereocenters. The standard InChI is InChI=1S/C12H15N3O2/c1-8-10(4-6-16-8)12-14-11(17-15-12)7-9-3-2-5-13-9/h4,6,9,13H,2-3,5,7H2,1H3. The largest absolute Gasteiger partial charge is 0.469 e. The van der Waals surface area contributed by atoms with Gasteiger partial charge in [-0.2, -0.15) is 4.98 Å². The number of aryl methyl sites for hydroxylation is 1. The third kappa shape index (κ3) is 2.10. The number of nitrogens with one attached hydrogen (secondary N) is 1. The zero-order valence-corrected chi connectivity index (χ0v) is 9.77. The molecule has 2 aromatic heterocycles. The van der Waals surface area contributed by atoms with Crippen LogP contribution in [0.4, 0.5) is 0 Å². The van der Waals surface area contributed by atoms with Gasteiger partial charge >= 0.3 is 0 Å². The smallest absolute Gasteiger partial charge is 0.228 e. The van der Waals surface area contributed by atoms with E-state index in [2.05, 4.69) is 15.5 Å². The number of aromatic nitrogens is 2. The molecule has 0 radical (unpaired) electrons. The lowest BCUT2D eigenvalue weighted by atomic mass is 10.1. The Balaban J connectivity index is 1.76. The molecule has 3 heterocycles. The summed E-state index contributed by atoms with van der Waals surface area (Å²) in [6, 6.07) is 2.34.